The molecular formula is C14H21ClN2OS. The first-order chi connectivity index (χ1) is 8.72. The number of carbonyl (C=O) groups is 1. The fraction of sp³-hybridized carbons (Fsp3) is 0.500. The summed E-state index contributed by atoms with van der Waals surface area (Å²) in [6.45, 7) is 9.05. The summed E-state index contributed by atoms with van der Waals surface area (Å²) in [7, 11) is 0. The van der Waals surface area contributed by atoms with Crippen molar-refractivity contribution in [2.24, 2.45) is 11.8 Å². The molecule has 1 N–H and O–H groups in total. The van der Waals surface area contributed by atoms with Crippen LogP contribution in [0.15, 0.2) is 30.2 Å². The molecule has 1 saturated heterocycles. The quantitative estimate of drug-likeness (QED) is 0.819. The molecule has 1 aromatic heterocycles. The molecule has 1 amide bonds. The van der Waals surface area contributed by atoms with E-state index < -0.39 is 0 Å². The second-order valence-corrected chi connectivity index (χ2v) is 5.83. The number of thiophene rings is 1. The van der Waals surface area contributed by atoms with Crippen molar-refractivity contribution >= 4 is 29.7 Å². The molecule has 1 atom stereocenters. The summed E-state index contributed by atoms with van der Waals surface area (Å²) in [4.78, 5) is 15.6. The Balaban J connectivity index is 0.00000180. The highest BCUT2D eigenvalue weighted by molar-refractivity contribution is 7.09. The average Bonchev–Trinajstić information content (AvgIpc) is 2.78. The molecule has 0 aromatic carbocycles. The lowest BCUT2D eigenvalue weighted by Crippen LogP contribution is -2.50. The van der Waals surface area contributed by atoms with Gasteiger partial charge < -0.3 is 10.2 Å². The SMILES string of the molecule is C=CCN(Cc1cccs1)C(=O)C(C)C1CNC1.Cl. The molecule has 1 aliphatic heterocycles. The Morgan fingerprint density at radius 2 is 2.42 bits per heavy atom. The van der Waals surface area contributed by atoms with Gasteiger partial charge in [0.1, 0.15) is 0 Å². The van der Waals surface area contributed by atoms with Gasteiger partial charge in [0.2, 0.25) is 5.91 Å². The minimum Gasteiger partial charge on any atom is -0.334 e. The summed E-state index contributed by atoms with van der Waals surface area (Å²) in [5.41, 5.74) is 0. The molecule has 2 heterocycles. The maximum Gasteiger partial charge on any atom is 0.226 e. The van der Waals surface area contributed by atoms with Crippen molar-refractivity contribution in [1.82, 2.24) is 10.2 Å². The van der Waals surface area contributed by atoms with Crippen LogP contribution < -0.4 is 5.32 Å². The van der Waals surface area contributed by atoms with Crippen LogP contribution in [0.4, 0.5) is 0 Å². The Labute approximate surface area is 125 Å². The zero-order valence-electron chi connectivity index (χ0n) is 11.2. The van der Waals surface area contributed by atoms with Crippen LogP contribution in [-0.2, 0) is 11.3 Å². The summed E-state index contributed by atoms with van der Waals surface area (Å²) in [6.07, 6.45) is 1.80. The molecule has 5 heteroatoms. The first-order valence-electron chi connectivity index (χ1n) is 6.35. The van der Waals surface area contributed by atoms with Crippen LogP contribution in [-0.4, -0.2) is 30.4 Å². The van der Waals surface area contributed by atoms with Crippen molar-refractivity contribution in [3.8, 4) is 0 Å². The fourth-order valence-electron chi connectivity index (χ4n) is 2.13. The standard InChI is InChI=1S/C14H20N2OS.ClH/c1-3-6-16(10-13-5-4-7-18-13)14(17)11(2)12-8-15-9-12;/h3-5,7,11-12,15H,1,6,8-10H2,2H3;1H. The molecule has 19 heavy (non-hydrogen) atoms. The van der Waals surface area contributed by atoms with E-state index in [2.05, 4.69) is 18.0 Å². The van der Waals surface area contributed by atoms with Crippen molar-refractivity contribution in [3.63, 3.8) is 0 Å². The van der Waals surface area contributed by atoms with Crippen molar-refractivity contribution in [3.05, 3.63) is 35.0 Å². The number of rotatable bonds is 6. The van der Waals surface area contributed by atoms with Gasteiger partial charge in [0.05, 0.1) is 6.54 Å². The number of nitrogens with one attached hydrogen (secondary N) is 1. The lowest BCUT2D eigenvalue weighted by atomic mass is 9.88. The number of amides is 1. The molecule has 106 valence electrons. The van der Waals surface area contributed by atoms with E-state index in [1.54, 1.807) is 17.4 Å². The molecule has 1 aromatic rings. The minimum atomic E-state index is 0. The van der Waals surface area contributed by atoms with Crippen LogP contribution in [0.1, 0.15) is 11.8 Å². The van der Waals surface area contributed by atoms with Gasteiger partial charge in [-0.25, -0.2) is 0 Å². The number of halogens is 1. The molecule has 1 unspecified atom stereocenters. The molecule has 1 aliphatic rings. The summed E-state index contributed by atoms with van der Waals surface area (Å²) in [5, 5.41) is 5.27. The van der Waals surface area contributed by atoms with Gasteiger partial charge in [0.15, 0.2) is 0 Å². The second kappa shape index (κ2) is 7.68. The van der Waals surface area contributed by atoms with Gasteiger partial charge in [-0.05, 0) is 30.5 Å². The molecule has 3 nitrogen and oxygen atoms in total. The summed E-state index contributed by atoms with van der Waals surface area (Å²) in [6, 6.07) is 4.10. The third-order valence-electron chi connectivity index (χ3n) is 3.50. The summed E-state index contributed by atoms with van der Waals surface area (Å²) >= 11 is 1.69. The summed E-state index contributed by atoms with van der Waals surface area (Å²) in [5.74, 6) is 0.842. The van der Waals surface area contributed by atoms with Gasteiger partial charge in [-0.2, -0.15) is 0 Å². The van der Waals surface area contributed by atoms with Crippen LogP contribution >= 0.6 is 23.7 Å². The fourth-order valence-corrected chi connectivity index (χ4v) is 2.85. The molecule has 0 aliphatic carbocycles. The second-order valence-electron chi connectivity index (χ2n) is 4.79. The highest BCUT2D eigenvalue weighted by atomic mass is 35.5. The Kier molecular flexibility index (Phi) is 6.55. The first-order valence-corrected chi connectivity index (χ1v) is 7.23. The normalized spacial score (nSPS) is 16.1. The van der Waals surface area contributed by atoms with Crippen LogP contribution in [0.2, 0.25) is 0 Å². The average molecular weight is 301 g/mol. The van der Waals surface area contributed by atoms with Gasteiger partial charge in [-0.3, -0.25) is 4.79 Å². The lowest BCUT2D eigenvalue weighted by Gasteiger charge is -2.34. The van der Waals surface area contributed by atoms with Crippen LogP contribution in [0, 0.1) is 11.8 Å². The van der Waals surface area contributed by atoms with Gasteiger partial charge >= 0.3 is 0 Å². The largest absolute Gasteiger partial charge is 0.334 e. The smallest absolute Gasteiger partial charge is 0.226 e. The van der Waals surface area contributed by atoms with Crippen molar-refractivity contribution in [2.75, 3.05) is 19.6 Å². The Bertz CT molecular complexity index is 404. The topological polar surface area (TPSA) is 32.3 Å². The number of nitrogens with zero attached hydrogens (tertiary/aromatic N) is 1. The monoisotopic (exact) mass is 300 g/mol. The maximum atomic E-state index is 12.4. The third kappa shape index (κ3) is 4.06. The van der Waals surface area contributed by atoms with E-state index in [0.717, 1.165) is 13.1 Å². The van der Waals surface area contributed by atoms with Gasteiger partial charge in [-0.1, -0.05) is 19.1 Å². The zero-order chi connectivity index (χ0) is 13.0. The van der Waals surface area contributed by atoms with Crippen molar-refractivity contribution in [2.45, 2.75) is 13.5 Å². The van der Waals surface area contributed by atoms with E-state index in [9.17, 15) is 4.79 Å². The molecule has 1 fully saturated rings. The predicted molar refractivity (Wildman–Crippen MR) is 82.7 cm³/mol. The molecule has 0 bridgehead atoms. The lowest BCUT2D eigenvalue weighted by molar-refractivity contribution is -0.137. The number of hydrogen-bond donors (Lipinski definition) is 1. The van der Waals surface area contributed by atoms with E-state index in [0.29, 0.717) is 19.0 Å². The van der Waals surface area contributed by atoms with Gasteiger partial charge in [0, 0.05) is 17.3 Å². The summed E-state index contributed by atoms with van der Waals surface area (Å²) < 4.78 is 0. The zero-order valence-corrected chi connectivity index (χ0v) is 12.8. The predicted octanol–water partition coefficient (Wildman–Crippen LogP) is 2.54. The van der Waals surface area contributed by atoms with Crippen LogP contribution in [0.5, 0.6) is 0 Å². The molecular weight excluding hydrogens is 280 g/mol. The highest BCUT2D eigenvalue weighted by Crippen LogP contribution is 2.20. The molecule has 0 spiro atoms. The Hall–Kier alpha value is -0.840. The molecule has 0 radical (unpaired) electrons. The minimum absolute atomic E-state index is 0. The van der Waals surface area contributed by atoms with Gasteiger partial charge in [0.25, 0.3) is 0 Å². The Morgan fingerprint density at radius 1 is 1.68 bits per heavy atom. The molecule has 0 saturated carbocycles. The number of hydrogen-bond acceptors (Lipinski definition) is 3. The van der Waals surface area contributed by atoms with E-state index in [1.165, 1.54) is 4.88 Å². The van der Waals surface area contributed by atoms with E-state index in [-0.39, 0.29) is 24.2 Å². The van der Waals surface area contributed by atoms with Gasteiger partial charge in [-0.15, -0.1) is 30.3 Å². The maximum absolute atomic E-state index is 12.4. The Morgan fingerprint density at radius 3 is 2.89 bits per heavy atom. The highest BCUT2D eigenvalue weighted by Gasteiger charge is 2.31. The van der Waals surface area contributed by atoms with Crippen LogP contribution in [0.25, 0.3) is 0 Å². The van der Waals surface area contributed by atoms with E-state index in [4.69, 9.17) is 0 Å². The first kappa shape index (κ1) is 16.2. The molecule has 2 rings (SSSR count). The number of carbonyl (C=O) groups excluding carboxylic acids is 1. The van der Waals surface area contributed by atoms with E-state index in [1.807, 2.05) is 23.3 Å². The third-order valence-corrected chi connectivity index (χ3v) is 4.36. The van der Waals surface area contributed by atoms with Crippen LogP contribution in [0.3, 0.4) is 0 Å². The van der Waals surface area contributed by atoms with Crippen molar-refractivity contribution in [1.29, 1.82) is 0 Å². The van der Waals surface area contributed by atoms with E-state index >= 15 is 0 Å². The van der Waals surface area contributed by atoms with Crippen molar-refractivity contribution < 1.29 is 4.79 Å².